The first-order valence-electron chi connectivity index (χ1n) is 8.40. The number of hydrogen-bond donors (Lipinski definition) is 0. The molecule has 1 amide bonds. The third-order valence-corrected chi connectivity index (χ3v) is 5.01. The lowest BCUT2D eigenvalue weighted by Crippen LogP contribution is -2.48. The highest BCUT2D eigenvalue weighted by molar-refractivity contribution is 9.10. The summed E-state index contributed by atoms with van der Waals surface area (Å²) in [5, 5.41) is 0. The highest BCUT2D eigenvalue weighted by Crippen LogP contribution is 2.14. The molecule has 1 saturated heterocycles. The molecule has 1 heterocycles. The normalized spacial score (nSPS) is 15.5. The number of carbonyl (C=O) groups excluding carboxylic acids is 1. The molecule has 2 aromatic rings. The van der Waals surface area contributed by atoms with Gasteiger partial charge in [0.15, 0.2) is 0 Å². The highest BCUT2D eigenvalue weighted by Gasteiger charge is 2.21. The first-order valence-corrected chi connectivity index (χ1v) is 9.19. The van der Waals surface area contributed by atoms with E-state index in [4.69, 9.17) is 0 Å². The first-order chi connectivity index (χ1) is 11.6. The molecule has 1 aliphatic heterocycles. The number of nitrogens with zero attached hydrogens (tertiary/aromatic N) is 2. The van der Waals surface area contributed by atoms with Crippen molar-refractivity contribution >= 4 is 21.8 Å². The minimum Gasteiger partial charge on any atom is -0.340 e. The average molecular weight is 387 g/mol. The van der Waals surface area contributed by atoms with Crippen LogP contribution in [0.4, 0.5) is 0 Å². The Labute approximate surface area is 152 Å². The Hall–Kier alpha value is -1.65. The van der Waals surface area contributed by atoms with Gasteiger partial charge < -0.3 is 4.90 Å². The van der Waals surface area contributed by atoms with Gasteiger partial charge in [-0.25, -0.2) is 0 Å². The molecule has 0 atom stereocenters. The molecule has 24 heavy (non-hydrogen) atoms. The zero-order valence-corrected chi connectivity index (χ0v) is 15.6. The second-order valence-electron chi connectivity index (χ2n) is 6.45. The van der Waals surface area contributed by atoms with Crippen LogP contribution in [0.2, 0.25) is 0 Å². The van der Waals surface area contributed by atoms with Crippen LogP contribution in [-0.2, 0) is 17.8 Å². The minimum absolute atomic E-state index is 0.229. The standard InChI is InChI=1S/C20H23BrN2O/c1-16-3-2-4-18(13-16)15-22-9-11-23(12-10-22)20(24)14-17-5-7-19(21)8-6-17/h2-8,13H,9-12,14-15H2,1H3. The van der Waals surface area contributed by atoms with E-state index in [0.717, 1.165) is 42.8 Å². The zero-order valence-electron chi connectivity index (χ0n) is 14.0. The molecule has 0 radical (unpaired) electrons. The van der Waals surface area contributed by atoms with Gasteiger partial charge in [-0.05, 0) is 30.2 Å². The van der Waals surface area contributed by atoms with Gasteiger partial charge in [-0.3, -0.25) is 9.69 Å². The van der Waals surface area contributed by atoms with Crippen molar-refractivity contribution in [2.75, 3.05) is 26.2 Å². The van der Waals surface area contributed by atoms with Gasteiger partial charge in [-0.2, -0.15) is 0 Å². The molecule has 1 fully saturated rings. The smallest absolute Gasteiger partial charge is 0.227 e. The van der Waals surface area contributed by atoms with Crippen LogP contribution >= 0.6 is 15.9 Å². The fraction of sp³-hybridized carbons (Fsp3) is 0.350. The lowest BCUT2D eigenvalue weighted by molar-refractivity contribution is -0.132. The number of piperazine rings is 1. The van der Waals surface area contributed by atoms with Crippen molar-refractivity contribution in [3.05, 3.63) is 69.7 Å². The van der Waals surface area contributed by atoms with Gasteiger partial charge in [-0.15, -0.1) is 0 Å². The van der Waals surface area contributed by atoms with Gasteiger partial charge in [0, 0.05) is 37.2 Å². The summed E-state index contributed by atoms with van der Waals surface area (Å²) in [7, 11) is 0. The fourth-order valence-corrected chi connectivity index (χ4v) is 3.38. The lowest BCUT2D eigenvalue weighted by Gasteiger charge is -2.35. The minimum atomic E-state index is 0.229. The molecule has 0 N–H and O–H groups in total. The summed E-state index contributed by atoms with van der Waals surface area (Å²) in [5.74, 6) is 0.229. The van der Waals surface area contributed by atoms with E-state index in [0.29, 0.717) is 6.42 Å². The molecule has 0 unspecified atom stereocenters. The summed E-state index contributed by atoms with van der Waals surface area (Å²) in [5.41, 5.74) is 3.73. The van der Waals surface area contributed by atoms with Crippen molar-refractivity contribution in [3.8, 4) is 0 Å². The summed E-state index contributed by atoms with van der Waals surface area (Å²) in [6.45, 7) is 6.63. The van der Waals surface area contributed by atoms with Crippen molar-refractivity contribution < 1.29 is 4.79 Å². The van der Waals surface area contributed by atoms with Gasteiger partial charge in [0.1, 0.15) is 0 Å². The Kier molecular flexibility index (Phi) is 5.69. The molecule has 4 heteroatoms. The van der Waals surface area contributed by atoms with Crippen molar-refractivity contribution in [3.63, 3.8) is 0 Å². The molecule has 3 nitrogen and oxygen atoms in total. The third-order valence-electron chi connectivity index (χ3n) is 4.48. The Balaban J connectivity index is 1.49. The summed E-state index contributed by atoms with van der Waals surface area (Å²) < 4.78 is 1.04. The number of rotatable bonds is 4. The van der Waals surface area contributed by atoms with E-state index in [-0.39, 0.29) is 5.91 Å². The van der Waals surface area contributed by atoms with E-state index < -0.39 is 0 Å². The molecular weight excluding hydrogens is 364 g/mol. The van der Waals surface area contributed by atoms with E-state index in [1.54, 1.807) is 0 Å². The highest BCUT2D eigenvalue weighted by atomic mass is 79.9. The fourth-order valence-electron chi connectivity index (χ4n) is 3.11. The SMILES string of the molecule is Cc1cccc(CN2CCN(C(=O)Cc3ccc(Br)cc3)CC2)c1. The maximum absolute atomic E-state index is 12.5. The number of benzene rings is 2. The number of hydrogen-bond acceptors (Lipinski definition) is 2. The van der Waals surface area contributed by atoms with Crippen LogP contribution in [-0.4, -0.2) is 41.9 Å². The van der Waals surface area contributed by atoms with E-state index in [9.17, 15) is 4.79 Å². The van der Waals surface area contributed by atoms with Gasteiger partial charge >= 0.3 is 0 Å². The average Bonchev–Trinajstić information content (AvgIpc) is 2.57. The van der Waals surface area contributed by atoms with Gasteiger partial charge in [0.2, 0.25) is 5.91 Å². The molecule has 126 valence electrons. The topological polar surface area (TPSA) is 23.6 Å². The van der Waals surface area contributed by atoms with Crippen LogP contribution in [0.15, 0.2) is 53.0 Å². The molecule has 1 aliphatic rings. The van der Waals surface area contributed by atoms with Crippen LogP contribution in [0.25, 0.3) is 0 Å². The monoisotopic (exact) mass is 386 g/mol. The lowest BCUT2D eigenvalue weighted by atomic mass is 10.1. The third kappa shape index (κ3) is 4.68. The number of carbonyl (C=O) groups is 1. The molecule has 0 spiro atoms. The zero-order chi connectivity index (χ0) is 16.9. The number of halogens is 1. The molecule has 0 saturated carbocycles. The quantitative estimate of drug-likeness (QED) is 0.800. The predicted molar refractivity (Wildman–Crippen MR) is 101 cm³/mol. The Bertz CT molecular complexity index is 691. The Morgan fingerprint density at radius 2 is 1.71 bits per heavy atom. The maximum atomic E-state index is 12.5. The van der Waals surface area contributed by atoms with Crippen LogP contribution in [0.1, 0.15) is 16.7 Å². The number of amides is 1. The van der Waals surface area contributed by atoms with Gasteiger partial charge in [-0.1, -0.05) is 57.9 Å². The second-order valence-corrected chi connectivity index (χ2v) is 7.36. The van der Waals surface area contributed by atoms with E-state index in [2.05, 4.69) is 52.0 Å². The Morgan fingerprint density at radius 1 is 1.00 bits per heavy atom. The second kappa shape index (κ2) is 7.95. The van der Waals surface area contributed by atoms with E-state index >= 15 is 0 Å². The van der Waals surface area contributed by atoms with Crippen molar-refractivity contribution in [2.24, 2.45) is 0 Å². The molecule has 0 bridgehead atoms. The van der Waals surface area contributed by atoms with Crippen LogP contribution in [0.5, 0.6) is 0 Å². The predicted octanol–water partition coefficient (Wildman–Crippen LogP) is 3.64. The van der Waals surface area contributed by atoms with Gasteiger partial charge in [0.25, 0.3) is 0 Å². The van der Waals surface area contributed by atoms with Gasteiger partial charge in [0.05, 0.1) is 6.42 Å². The van der Waals surface area contributed by atoms with Crippen molar-refractivity contribution in [1.29, 1.82) is 0 Å². The molecule has 0 aliphatic carbocycles. The number of aryl methyl sites for hydroxylation is 1. The summed E-state index contributed by atoms with van der Waals surface area (Å²) >= 11 is 3.43. The van der Waals surface area contributed by atoms with Crippen molar-refractivity contribution in [2.45, 2.75) is 19.9 Å². The van der Waals surface area contributed by atoms with Crippen LogP contribution < -0.4 is 0 Å². The van der Waals surface area contributed by atoms with E-state index in [1.165, 1.54) is 11.1 Å². The first kappa shape index (κ1) is 17.2. The summed E-state index contributed by atoms with van der Waals surface area (Å²) in [4.78, 5) is 16.9. The Morgan fingerprint density at radius 3 is 2.38 bits per heavy atom. The molecule has 2 aromatic carbocycles. The van der Waals surface area contributed by atoms with E-state index in [1.807, 2.05) is 29.2 Å². The van der Waals surface area contributed by atoms with Crippen LogP contribution in [0, 0.1) is 6.92 Å². The maximum Gasteiger partial charge on any atom is 0.227 e. The molecule has 3 rings (SSSR count). The molecular formula is C20H23BrN2O. The van der Waals surface area contributed by atoms with Crippen LogP contribution in [0.3, 0.4) is 0 Å². The summed E-state index contributed by atoms with van der Waals surface area (Å²) in [6.07, 6.45) is 0.491. The molecule has 0 aromatic heterocycles. The van der Waals surface area contributed by atoms with Crippen molar-refractivity contribution in [1.82, 2.24) is 9.80 Å². The summed E-state index contributed by atoms with van der Waals surface area (Å²) in [6, 6.07) is 16.7. The largest absolute Gasteiger partial charge is 0.340 e.